The zero-order chi connectivity index (χ0) is 14.1. The van der Waals surface area contributed by atoms with Gasteiger partial charge in [0.25, 0.3) is 0 Å². The molecule has 0 saturated carbocycles. The van der Waals surface area contributed by atoms with Gasteiger partial charge in [-0.3, -0.25) is 0 Å². The Morgan fingerprint density at radius 3 is 1.59 bits per heavy atom. The Hall–Kier alpha value is -0.970. The molecule has 0 atom stereocenters. The second kappa shape index (κ2) is 4.72. The number of alkyl halides is 7. The Labute approximate surface area is 88.0 Å². The molecule has 0 aromatic carbocycles. The summed E-state index contributed by atoms with van der Waals surface area (Å²) in [6.45, 7) is 0. The van der Waals surface area contributed by atoms with Gasteiger partial charge in [-0.05, 0) is 0 Å². The lowest BCUT2D eigenvalue weighted by atomic mass is 10.3. The molecule has 11 heteroatoms. The van der Waals surface area contributed by atoms with E-state index in [0.717, 1.165) is 0 Å². The van der Waals surface area contributed by atoms with E-state index in [9.17, 15) is 39.5 Å². The fraction of sp³-hybridized carbons (Fsp3) is 0.667. The molecule has 0 aromatic heterocycles. The van der Waals surface area contributed by atoms with Gasteiger partial charge in [-0.15, -0.1) is 0 Å². The predicted molar refractivity (Wildman–Crippen MR) is 35.3 cm³/mol. The lowest BCUT2D eigenvalue weighted by Crippen LogP contribution is -2.47. The van der Waals surface area contributed by atoms with Gasteiger partial charge >= 0.3 is 18.5 Å². The number of halogens is 9. The van der Waals surface area contributed by atoms with Crippen molar-refractivity contribution in [3.63, 3.8) is 0 Å². The van der Waals surface area contributed by atoms with Crippen molar-refractivity contribution in [3.05, 3.63) is 11.7 Å². The van der Waals surface area contributed by atoms with Crippen molar-refractivity contribution in [2.75, 3.05) is 7.11 Å². The van der Waals surface area contributed by atoms with Crippen LogP contribution in [0, 0.1) is 0 Å². The summed E-state index contributed by atoms with van der Waals surface area (Å²) in [7, 11) is 0.141. The third-order valence-electron chi connectivity index (χ3n) is 1.28. The lowest BCUT2D eigenvalue weighted by molar-refractivity contribution is -0.225. The molecule has 0 radical (unpaired) electrons. The quantitative estimate of drug-likeness (QED) is 0.630. The number of ether oxygens (including phenoxy) is 1. The molecule has 0 spiro atoms. The molecule has 0 bridgehead atoms. The Morgan fingerprint density at radius 2 is 1.29 bits per heavy atom. The SMILES string of the molecule is COC(F)(F)/C(F)=C(\F)C(F)(F)NC(F)(F)F. The van der Waals surface area contributed by atoms with Gasteiger partial charge in [0.2, 0.25) is 11.7 Å². The van der Waals surface area contributed by atoms with Crippen LogP contribution in [0.15, 0.2) is 11.7 Å². The summed E-state index contributed by atoms with van der Waals surface area (Å²) in [5.74, 6) is -7.08. The molecule has 0 aromatic rings. The number of methoxy groups -OCH3 is 1. The normalized spacial score (nSPS) is 15.9. The fourth-order valence-corrected chi connectivity index (χ4v) is 0.588. The van der Waals surface area contributed by atoms with E-state index in [4.69, 9.17) is 0 Å². The molecule has 0 amide bonds. The van der Waals surface area contributed by atoms with Crippen LogP contribution < -0.4 is 5.32 Å². The van der Waals surface area contributed by atoms with Gasteiger partial charge in [0.1, 0.15) is 0 Å². The van der Waals surface area contributed by atoms with Gasteiger partial charge in [0.15, 0.2) is 0 Å². The van der Waals surface area contributed by atoms with Crippen LogP contribution in [0.3, 0.4) is 0 Å². The van der Waals surface area contributed by atoms with E-state index in [1.54, 1.807) is 0 Å². The van der Waals surface area contributed by atoms with Crippen molar-refractivity contribution < 1.29 is 44.3 Å². The summed E-state index contributed by atoms with van der Waals surface area (Å²) in [6, 6.07) is -5.68. The highest BCUT2D eigenvalue weighted by Crippen LogP contribution is 2.36. The highest BCUT2D eigenvalue weighted by atomic mass is 19.4. The Kier molecular flexibility index (Phi) is 4.45. The zero-order valence-corrected chi connectivity index (χ0v) is 7.81. The summed E-state index contributed by atoms with van der Waals surface area (Å²) < 4.78 is 111. The van der Waals surface area contributed by atoms with E-state index in [1.165, 1.54) is 0 Å². The fourth-order valence-electron chi connectivity index (χ4n) is 0.588. The van der Waals surface area contributed by atoms with Gasteiger partial charge in [0.05, 0.1) is 0 Å². The summed E-state index contributed by atoms with van der Waals surface area (Å²) in [5.41, 5.74) is 0. The predicted octanol–water partition coefficient (Wildman–Crippen LogP) is 3.08. The van der Waals surface area contributed by atoms with Crippen molar-refractivity contribution in [1.82, 2.24) is 5.32 Å². The minimum Gasteiger partial charge on any atom is -0.318 e. The molecular formula is C6H4F9NO. The van der Waals surface area contributed by atoms with Gasteiger partial charge < -0.3 is 4.74 Å². The van der Waals surface area contributed by atoms with E-state index in [0.29, 0.717) is 0 Å². The first-order valence-corrected chi connectivity index (χ1v) is 3.56. The average Bonchev–Trinajstić information content (AvgIpc) is 2.11. The standard InChI is InChI=1S/C6H4F9NO/c1-17-5(11,12)3(8)2(7)4(9,10)16-6(13,14)15/h16H,1H3/b3-2+. The van der Waals surface area contributed by atoms with Crippen LogP contribution in [0.5, 0.6) is 0 Å². The molecule has 102 valence electrons. The molecule has 0 saturated heterocycles. The van der Waals surface area contributed by atoms with Crippen LogP contribution in [-0.4, -0.2) is 25.6 Å². The van der Waals surface area contributed by atoms with Crippen molar-refractivity contribution in [2.24, 2.45) is 0 Å². The number of rotatable bonds is 4. The number of hydrogen-bond donors (Lipinski definition) is 1. The highest BCUT2D eigenvalue weighted by Gasteiger charge is 2.52. The van der Waals surface area contributed by atoms with E-state index >= 15 is 0 Å². The van der Waals surface area contributed by atoms with Crippen LogP contribution >= 0.6 is 0 Å². The topological polar surface area (TPSA) is 21.3 Å². The maximum absolute atomic E-state index is 12.4. The summed E-state index contributed by atoms with van der Waals surface area (Å²) in [4.78, 5) is 0. The number of hydrogen-bond acceptors (Lipinski definition) is 2. The van der Waals surface area contributed by atoms with Gasteiger partial charge in [-0.1, -0.05) is 0 Å². The molecular weight excluding hydrogens is 273 g/mol. The second-order valence-corrected chi connectivity index (χ2v) is 2.55. The third kappa shape index (κ3) is 4.42. The highest BCUT2D eigenvalue weighted by molar-refractivity contribution is 5.13. The first-order valence-electron chi connectivity index (χ1n) is 3.56. The zero-order valence-electron chi connectivity index (χ0n) is 7.81. The minimum atomic E-state index is -5.80. The molecule has 0 aliphatic rings. The maximum Gasteiger partial charge on any atom is 0.462 e. The largest absolute Gasteiger partial charge is 0.462 e. The van der Waals surface area contributed by atoms with Crippen molar-refractivity contribution in [2.45, 2.75) is 18.5 Å². The van der Waals surface area contributed by atoms with Crippen LogP contribution in [0.4, 0.5) is 39.5 Å². The Bertz CT molecular complexity index is 307. The van der Waals surface area contributed by atoms with Crippen molar-refractivity contribution >= 4 is 0 Å². The average molecular weight is 277 g/mol. The summed E-state index contributed by atoms with van der Waals surface area (Å²) in [6.07, 6.45) is -10.9. The Morgan fingerprint density at radius 1 is 0.882 bits per heavy atom. The summed E-state index contributed by atoms with van der Waals surface area (Å²) >= 11 is 0. The minimum absolute atomic E-state index is 0.141. The van der Waals surface area contributed by atoms with Crippen molar-refractivity contribution in [1.29, 1.82) is 0 Å². The molecule has 2 nitrogen and oxygen atoms in total. The molecule has 0 rings (SSSR count). The first-order chi connectivity index (χ1) is 7.33. The number of nitrogens with one attached hydrogen (secondary N) is 1. The van der Waals surface area contributed by atoms with Gasteiger partial charge in [0, 0.05) is 7.11 Å². The van der Waals surface area contributed by atoms with Crippen molar-refractivity contribution in [3.8, 4) is 0 Å². The molecule has 0 aliphatic carbocycles. The molecule has 17 heavy (non-hydrogen) atoms. The first kappa shape index (κ1) is 16.0. The van der Waals surface area contributed by atoms with E-state index in [1.807, 2.05) is 0 Å². The van der Waals surface area contributed by atoms with Crippen LogP contribution in [0.1, 0.15) is 0 Å². The molecule has 0 unspecified atom stereocenters. The van der Waals surface area contributed by atoms with Gasteiger partial charge in [-0.25, -0.2) is 4.39 Å². The molecule has 1 N–H and O–H groups in total. The summed E-state index contributed by atoms with van der Waals surface area (Å²) in [5, 5.41) is -0.623. The van der Waals surface area contributed by atoms with E-state index in [-0.39, 0.29) is 7.11 Å². The van der Waals surface area contributed by atoms with Crippen LogP contribution in [0.2, 0.25) is 0 Å². The van der Waals surface area contributed by atoms with E-state index < -0.39 is 35.4 Å². The molecule has 0 aliphatic heterocycles. The van der Waals surface area contributed by atoms with Crippen LogP contribution in [-0.2, 0) is 4.74 Å². The smallest absolute Gasteiger partial charge is 0.318 e. The monoisotopic (exact) mass is 277 g/mol. The van der Waals surface area contributed by atoms with Gasteiger partial charge in [-0.2, -0.15) is 40.4 Å². The third-order valence-corrected chi connectivity index (χ3v) is 1.28. The lowest BCUT2D eigenvalue weighted by Gasteiger charge is -2.20. The Balaban J connectivity index is 5.27. The van der Waals surface area contributed by atoms with E-state index in [2.05, 4.69) is 4.74 Å². The second-order valence-electron chi connectivity index (χ2n) is 2.55. The molecule has 0 fully saturated rings. The molecule has 0 heterocycles. The maximum atomic E-state index is 12.4. The van der Waals surface area contributed by atoms with Crippen LogP contribution in [0.25, 0.3) is 0 Å².